The zero-order valence-corrected chi connectivity index (χ0v) is 18.8. The molecule has 2 aromatic carbocycles. The quantitative estimate of drug-likeness (QED) is 0.337. The molecule has 1 fully saturated rings. The summed E-state index contributed by atoms with van der Waals surface area (Å²) in [5.41, 5.74) is 5.86. The number of nitrogens with two attached hydrogens (primary N) is 1. The number of hydrogen-bond acceptors (Lipinski definition) is 7. The minimum Gasteiger partial charge on any atom is -0.744 e. The van der Waals surface area contributed by atoms with Crippen LogP contribution < -0.4 is 40.6 Å². The summed E-state index contributed by atoms with van der Waals surface area (Å²) in [5, 5.41) is 3.20. The van der Waals surface area contributed by atoms with Crippen LogP contribution >= 0.6 is 0 Å². The van der Waals surface area contributed by atoms with Crippen LogP contribution in [0.3, 0.4) is 0 Å². The number of carbonyl (C=O) groups excluding carboxylic acids is 2. The first-order valence-corrected chi connectivity index (χ1v) is 10.6. The summed E-state index contributed by atoms with van der Waals surface area (Å²) < 4.78 is 35.3. The van der Waals surface area contributed by atoms with E-state index in [9.17, 15) is 22.6 Å². The Hall–Kier alpha value is -1.71. The first-order chi connectivity index (χ1) is 13.3. The number of nitrogens with one attached hydrogen (secondary N) is 1. The molecule has 0 saturated heterocycles. The van der Waals surface area contributed by atoms with Crippen molar-refractivity contribution in [1.82, 2.24) is 0 Å². The molecule has 0 heterocycles. The fourth-order valence-electron chi connectivity index (χ4n) is 4.08. The van der Waals surface area contributed by atoms with E-state index in [1.54, 1.807) is 18.2 Å². The van der Waals surface area contributed by atoms with Crippen molar-refractivity contribution in [2.24, 2.45) is 0 Å². The van der Waals surface area contributed by atoms with Gasteiger partial charge >= 0.3 is 29.6 Å². The Balaban J connectivity index is 0.00000240. The molecule has 29 heavy (non-hydrogen) atoms. The van der Waals surface area contributed by atoms with Gasteiger partial charge in [-0.15, -0.1) is 0 Å². The van der Waals surface area contributed by atoms with Gasteiger partial charge in [0.15, 0.2) is 11.6 Å². The zero-order chi connectivity index (χ0) is 20.1. The average Bonchev–Trinajstić information content (AvgIpc) is 2.67. The Morgan fingerprint density at radius 1 is 0.966 bits per heavy atom. The monoisotopic (exact) mass is 422 g/mol. The Labute approximate surface area is 191 Å². The van der Waals surface area contributed by atoms with Gasteiger partial charge in [0.25, 0.3) is 0 Å². The van der Waals surface area contributed by atoms with Gasteiger partial charge in [0, 0.05) is 22.9 Å². The molecule has 0 aromatic heterocycles. The van der Waals surface area contributed by atoms with Gasteiger partial charge in [-0.05, 0) is 18.9 Å². The first kappa shape index (κ1) is 22.0. The van der Waals surface area contributed by atoms with Crippen molar-refractivity contribution in [3.63, 3.8) is 0 Å². The second-order valence-electron chi connectivity index (χ2n) is 7.22. The van der Waals surface area contributed by atoms with Crippen LogP contribution in [-0.4, -0.2) is 30.6 Å². The van der Waals surface area contributed by atoms with E-state index >= 15 is 0 Å². The number of ketones is 2. The molecule has 2 aliphatic rings. The second kappa shape index (κ2) is 8.20. The van der Waals surface area contributed by atoms with E-state index in [4.69, 9.17) is 5.73 Å². The number of anilines is 2. The maximum atomic E-state index is 13.2. The van der Waals surface area contributed by atoms with E-state index in [0.29, 0.717) is 0 Å². The summed E-state index contributed by atoms with van der Waals surface area (Å²) in [6.45, 7) is 0. The molecule has 0 radical (unpaired) electrons. The third-order valence-electron chi connectivity index (χ3n) is 5.43. The van der Waals surface area contributed by atoms with Crippen molar-refractivity contribution in [2.45, 2.75) is 43.0 Å². The molecule has 146 valence electrons. The van der Waals surface area contributed by atoms with Crippen molar-refractivity contribution in [3.8, 4) is 0 Å². The minimum absolute atomic E-state index is 0. The molecule has 4 rings (SSSR count). The fraction of sp³-hybridized carbons (Fsp3) is 0.300. The number of rotatable bonds is 3. The van der Waals surface area contributed by atoms with Gasteiger partial charge in [0.2, 0.25) is 0 Å². The van der Waals surface area contributed by atoms with Crippen LogP contribution in [-0.2, 0) is 10.1 Å². The van der Waals surface area contributed by atoms with Crippen LogP contribution in [0.25, 0.3) is 0 Å². The Kier molecular flexibility index (Phi) is 6.21. The van der Waals surface area contributed by atoms with Crippen LogP contribution in [0.4, 0.5) is 11.4 Å². The summed E-state index contributed by atoms with van der Waals surface area (Å²) in [6, 6.07) is 7.44. The van der Waals surface area contributed by atoms with Gasteiger partial charge in [0.1, 0.15) is 10.1 Å². The molecule has 0 bridgehead atoms. The summed E-state index contributed by atoms with van der Waals surface area (Å²) >= 11 is 0. The largest absolute Gasteiger partial charge is 1.00 e. The maximum absolute atomic E-state index is 13.2. The third kappa shape index (κ3) is 3.87. The number of nitrogen functional groups attached to an aromatic ring is 1. The molecular weight excluding hydrogens is 403 g/mol. The molecule has 0 spiro atoms. The van der Waals surface area contributed by atoms with E-state index in [2.05, 4.69) is 5.32 Å². The molecular formula is C20H19N2NaO5S. The van der Waals surface area contributed by atoms with Crippen LogP contribution in [0.2, 0.25) is 0 Å². The van der Waals surface area contributed by atoms with Gasteiger partial charge in [-0.25, -0.2) is 8.42 Å². The summed E-state index contributed by atoms with van der Waals surface area (Å²) in [6.07, 6.45) is 4.85. The normalized spacial score (nSPS) is 16.6. The average molecular weight is 422 g/mol. The molecule has 0 unspecified atom stereocenters. The van der Waals surface area contributed by atoms with Crippen molar-refractivity contribution < 1.29 is 52.1 Å². The van der Waals surface area contributed by atoms with Crippen molar-refractivity contribution in [3.05, 3.63) is 52.6 Å². The molecule has 2 aromatic rings. The van der Waals surface area contributed by atoms with Gasteiger partial charge in [-0.2, -0.15) is 0 Å². The van der Waals surface area contributed by atoms with E-state index in [1.807, 2.05) is 0 Å². The van der Waals surface area contributed by atoms with Gasteiger partial charge in [0.05, 0.1) is 21.7 Å². The third-order valence-corrected chi connectivity index (χ3v) is 6.31. The molecule has 0 aliphatic heterocycles. The number of carbonyl (C=O) groups is 2. The van der Waals surface area contributed by atoms with E-state index in [-0.39, 0.29) is 63.5 Å². The number of fused-ring (bicyclic) bond motifs is 2. The topological polar surface area (TPSA) is 129 Å². The minimum atomic E-state index is -4.93. The Morgan fingerprint density at radius 2 is 1.52 bits per heavy atom. The summed E-state index contributed by atoms with van der Waals surface area (Å²) in [7, 11) is -4.93. The SMILES string of the molecule is Nc1c(S(=O)(=O)[O-])cc(NC2CCCCC2)c2c1C(=O)c1ccccc1C2=O.[Na+]. The first-order valence-electron chi connectivity index (χ1n) is 9.16. The predicted octanol–water partition coefficient (Wildman–Crippen LogP) is -0.303. The molecule has 1 saturated carbocycles. The van der Waals surface area contributed by atoms with Crippen LogP contribution in [0.1, 0.15) is 63.9 Å². The van der Waals surface area contributed by atoms with Gasteiger partial charge in [-0.1, -0.05) is 43.5 Å². The second-order valence-corrected chi connectivity index (χ2v) is 8.57. The van der Waals surface area contributed by atoms with Crippen LogP contribution in [0.15, 0.2) is 35.2 Å². The van der Waals surface area contributed by atoms with Crippen molar-refractivity contribution >= 4 is 33.1 Å². The Morgan fingerprint density at radius 3 is 2.07 bits per heavy atom. The van der Waals surface area contributed by atoms with E-state index in [1.165, 1.54) is 6.07 Å². The van der Waals surface area contributed by atoms with Crippen molar-refractivity contribution in [2.75, 3.05) is 11.1 Å². The van der Waals surface area contributed by atoms with Crippen molar-refractivity contribution in [1.29, 1.82) is 0 Å². The Bertz CT molecular complexity index is 1110. The molecule has 0 atom stereocenters. The van der Waals surface area contributed by atoms with Crippen LogP contribution in [0, 0.1) is 0 Å². The molecule has 3 N–H and O–H groups in total. The molecule has 2 aliphatic carbocycles. The van der Waals surface area contributed by atoms with E-state index in [0.717, 1.165) is 38.2 Å². The summed E-state index contributed by atoms with van der Waals surface area (Å²) in [4.78, 5) is 25.5. The van der Waals surface area contributed by atoms with E-state index < -0.39 is 32.3 Å². The number of hydrogen-bond donors (Lipinski definition) is 2. The predicted molar refractivity (Wildman–Crippen MR) is 103 cm³/mol. The summed E-state index contributed by atoms with van der Waals surface area (Å²) in [5.74, 6) is -0.968. The van der Waals surface area contributed by atoms with Crippen LogP contribution in [0.5, 0.6) is 0 Å². The fourth-order valence-corrected chi connectivity index (χ4v) is 4.71. The zero-order valence-electron chi connectivity index (χ0n) is 16.0. The smallest absolute Gasteiger partial charge is 0.744 e. The number of benzene rings is 2. The van der Waals surface area contributed by atoms with Gasteiger partial charge < -0.3 is 15.6 Å². The standard InChI is InChI=1S/C20H20N2O5S.Na/c21-18-15(28(25,26)27)10-14(22-11-6-2-1-3-7-11)16-17(18)20(24)13-9-5-4-8-12(13)19(16)23;/h4-5,8-11,22H,1-3,6-7,21H2,(H,25,26,27);/q;+1/p-1. The van der Waals surface area contributed by atoms with Gasteiger partial charge in [-0.3, -0.25) is 9.59 Å². The molecule has 7 nitrogen and oxygen atoms in total. The maximum Gasteiger partial charge on any atom is 1.00 e. The molecule has 0 amide bonds. The molecule has 9 heteroatoms.